The number of carbonyl (C=O) groups excluding carboxylic acids is 1. The summed E-state index contributed by atoms with van der Waals surface area (Å²) in [5.41, 5.74) is 3.68. The Bertz CT molecular complexity index is 776. The molecule has 6 nitrogen and oxygen atoms in total. The maximum absolute atomic E-state index is 12.3. The standard InChI is InChI=1S/C19H26N4O2/c1-13-10-15(17-7-8-22(5)21-17)16(11-20-13)14-6-9-23(12-14)18(24)25-19(2,3)4/h7-8,10-11,14H,6,9,12H2,1-5H3. The minimum absolute atomic E-state index is 0.241. The molecule has 0 spiro atoms. The van der Waals surface area contributed by atoms with Gasteiger partial charge in [-0.1, -0.05) is 0 Å². The first-order valence-corrected chi connectivity index (χ1v) is 8.67. The molecular formula is C19H26N4O2. The summed E-state index contributed by atoms with van der Waals surface area (Å²) < 4.78 is 7.30. The maximum Gasteiger partial charge on any atom is 0.410 e. The second-order valence-corrected chi connectivity index (χ2v) is 7.70. The third-order valence-corrected chi connectivity index (χ3v) is 4.34. The second-order valence-electron chi connectivity index (χ2n) is 7.70. The first kappa shape index (κ1) is 17.5. The Kier molecular flexibility index (Phi) is 4.54. The maximum atomic E-state index is 12.3. The Morgan fingerprint density at radius 1 is 1.36 bits per heavy atom. The number of carbonyl (C=O) groups is 1. The molecule has 2 aromatic heterocycles. The lowest BCUT2D eigenvalue weighted by molar-refractivity contribution is 0.0292. The number of rotatable bonds is 2. The number of ether oxygens (including phenoxy) is 1. The zero-order chi connectivity index (χ0) is 18.2. The fourth-order valence-corrected chi connectivity index (χ4v) is 3.18. The summed E-state index contributed by atoms with van der Waals surface area (Å²) >= 11 is 0. The first-order chi connectivity index (χ1) is 11.7. The van der Waals surface area contributed by atoms with Gasteiger partial charge in [0.1, 0.15) is 5.60 Å². The monoisotopic (exact) mass is 342 g/mol. The highest BCUT2D eigenvalue weighted by Gasteiger charge is 2.32. The smallest absolute Gasteiger partial charge is 0.410 e. The zero-order valence-electron chi connectivity index (χ0n) is 15.6. The molecule has 2 aromatic rings. The van der Waals surface area contributed by atoms with Crippen molar-refractivity contribution in [3.63, 3.8) is 0 Å². The molecule has 0 saturated carbocycles. The van der Waals surface area contributed by atoms with Crippen LogP contribution in [0.2, 0.25) is 0 Å². The lowest BCUT2D eigenvalue weighted by Gasteiger charge is -2.24. The van der Waals surface area contributed by atoms with Gasteiger partial charge in [0.25, 0.3) is 0 Å². The molecule has 1 aliphatic heterocycles. The summed E-state index contributed by atoms with van der Waals surface area (Å²) in [4.78, 5) is 18.6. The summed E-state index contributed by atoms with van der Waals surface area (Å²) in [5.74, 6) is 0.248. The molecule has 134 valence electrons. The molecule has 0 bridgehead atoms. The van der Waals surface area contributed by atoms with Crippen LogP contribution in [0, 0.1) is 6.92 Å². The van der Waals surface area contributed by atoms with E-state index in [1.54, 1.807) is 9.58 Å². The largest absolute Gasteiger partial charge is 0.444 e. The molecule has 0 N–H and O–H groups in total. The number of nitrogens with zero attached hydrogens (tertiary/aromatic N) is 4. The van der Waals surface area contributed by atoms with Gasteiger partial charge in [-0.3, -0.25) is 9.67 Å². The predicted molar refractivity (Wildman–Crippen MR) is 96.3 cm³/mol. The van der Waals surface area contributed by atoms with E-state index in [0.29, 0.717) is 13.1 Å². The molecule has 1 fully saturated rings. The van der Waals surface area contributed by atoms with Gasteiger partial charge in [0.15, 0.2) is 0 Å². The number of pyridine rings is 1. The van der Waals surface area contributed by atoms with Crippen LogP contribution in [-0.4, -0.2) is 44.4 Å². The van der Waals surface area contributed by atoms with Gasteiger partial charge in [-0.05, 0) is 51.8 Å². The Balaban J connectivity index is 1.83. The highest BCUT2D eigenvalue weighted by atomic mass is 16.6. The summed E-state index contributed by atoms with van der Waals surface area (Å²) in [6, 6.07) is 4.09. The van der Waals surface area contributed by atoms with Gasteiger partial charge in [-0.25, -0.2) is 4.79 Å². The topological polar surface area (TPSA) is 60.2 Å². The molecule has 6 heteroatoms. The number of hydrogen-bond donors (Lipinski definition) is 0. The van der Waals surface area contributed by atoms with Crippen LogP contribution in [0.15, 0.2) is 24.5 Å². The van der Waals surface area contributed by atoms with Crippen LogP contribution in [0.1, 0.15) is 44.4 Å². The van der Waals surface area contributed by atoms with E-state index >= 15 is 0 Å². The summed E-state index contributed by atoms with van der Waals surface area (Å²) in [6.45, 7) is 9.01. The number of aryl methyl sites for hydroxylation is 2. The molecule has 1 atom stereocenters. The van der Waals surface area contributed by atoms with Gasteiger partial charge in [0, 0.05) is 49.7 Å². The molecule has 0 radical (unpaired) electrons. The zero-order valence-corrected chi connectivity index (χ0v) is 15.6. The molecule has 1 unspecified atom stereocenters. The molecular weight excluding hydrogens is 316 g/mol. The van der Waals surface area contributed by atoms with Crippen LogP contribution >= 0.6 is 0 Å². The van der Waals surface area contributed by atoms with Crippen molar-refractivity contribution in [1.82, 2.24) is 19.7 Å². The highest BCUT2D eigenvalue weighted by molar-refractivity contribution is 5.69. The SMILES string of the molecule is Cc1cc(-c2ccn(C)n2)c(C2CCN(C(=O)OC(C)(C)C)C2)cn1. The van der Waals surface area contributed by atoms with Crippen LogP contribution in [-0.2, 0) is 11.8 Å². The molecule has 1 saturated heterocycles. The summed E-state index contributed by atoms with van der Waals surface area (Å²) in [6.07, 6.45) is 4.54. The number of amides is 1. The van der Waals surface area contributed by atoms with Crippen molar-refractivity contribution in [1.29, 1.82) is 0 Å². The number of aromatic nitrogens is 3. The van der Waals surface area contributed by atoms with Crippen LogP contribution in [0.25, 0.3) is 11.3 Å². The summed E-state index contributed by atoms with van der Waals surface area (Å²) in [5, 5.41) is 4.54. The average Bonchev–Trinajstić information content (AvgIpc) is 3.14. The van der Waals surface area contributed by atoms with E-state index in [1.807, 2.05) is 53.2 Å². The van der Waals surface area contributed by atoms with Crippen molar-refractivity contribution in [2.45, 2.75) is 45.6 Å². The minimum atomic E-state index is -0.473. The molecule has 3 rings (SSSR count). The predicted octanol–water partition coefficient (Wildman–Crippen LogP) is 3.51. The Morgan fingerprint density at radius 3 is 2.76 bits per heavy atom. The van der Waals surface area contributed by atoms with E-state index in [2.05, 4.69) is 16.1 Å². The Hall–Kier alpha value is -2.37. The molecule has 1 aliphatic rings. The van der Waals surface area contributed by atoms with Gasteiger partial charge in [-0.2, -0.15) is 5.10 Å². The van der Waals surface area contributed by atoms with E-state index < -0.39 is 5.60 Å². The van der Waals surface area contributed by atoms with Crippen LogP contribution in [0.3, 0.4) is 0 Å². The van der Waals surface area contributed by atoms with Gasteiger partial charge in [0.05, 0.1) is 5.69 Å². The first-order valence-electron chi connectivity index (χ1n) is 8.67. The van der Waals surface area contributed by atoms with Gasteiger partial charge < -0.3 is 9.64 Å². The Morgan fingerprint density at radius 2 is 2.12 bits per heavy atom. The quantitative estimate of drug-likeness (QED) is 0.838. The number of hydrogen-bond acceptors (Lipinski definition) is 4. The third kappa shape index (κ3) is 4.00. The van der Waals surface area contributed by atoms with Gasteiger partial charge in [0.2, 0.25) is 0 Å². The van der Waals surface area contributed by atoms with Crippen molar-refractivity contribution >= 4 is 6.09 Å². The lowest BCUT2D eigenvalue weighted by Crippen LogP contribution is -2.35. The lowest BCUT2D eigenvalue weighted by atomic mass is 9.93. The fraction of sp³-hybridized carbons (Fsp3) is 0.526. The normalized spacial score (nSPS) is 17.8. The van der Waals surface area contributed by atoms with E-state index in [4.69, 9.17) is 4.74 Å². The Labute approximate surface area is 148 Å². The molecule has 25 heavy (non-hydrogen) atoms. The molecule has 3 heterocycles. The van der Waals surface area contributed by atoms with E-state index in [1.165, 1.54) is 0 Å². The molecule has 0 aliphatic carbocycles. The van der Waals surface area contributed by atoms with E-state index in [9.17, 15) is 4.79 Å². The minimum Gasteiger partial charge on any atom is -0.444 e. The van der Waals surface area contributed by atoms with Crippen molar-refractivity contribution < 1.29 is 9.53 Å². The van der Waals surface area contributed by atoms with Crippen LogP contribution in [0.4, 0.5) is 4.79 Å². The highest BCUT2D eigenvalue weighted by Crippen LogP contribution is 2.34. The van der Waals surface area contributed by atoms with E-state index in [0.717, 1.165) is 28.9 Å². The van der Waals surface area contributed by atoms with E-state index in [-0.39, 0.29) is 12.0 Å². The van der Waals surface area contributed by atoms with Gasteiger partial charge in [-0.15, -0.1) is 0 Å². The van der Waals surface area contributed by atoms with Gasteiger partial charge >= 0.3 is 6.09 Å². The average molecular weight is 342 g/mol. The molecule has 1 amide bonds. The van der Waals surface area contributed by atoms with Crippen molar-refractivity contribution in [2.24, 2.45) is 7.05 Å². The van der Waals surface area contributed by atoms with Crippen LogP contribution in [0.5, 0.6) is 0 Å². The van der Waals surface area contributed by atoms with Crippen molar-refractivity contribution in [2.75, 3.05) is 13.1 Å². The second kappa shape index (κ2) is 6.50. The van der Waals surface area contributed by atoms with Crippen molar-refractivity contribution in [3.05, 3.63) is 35.8 Å². The third-order valence-electron chi connectivity index (χ3n) is 4.34. The fourth-order valence-electron chi connectivity index (χ4n) is 3.18. The van der Waals surface area contributed by atoms with Crippen LogP contribution < -0.4 is 0 Å². The van der Waals surface area contributed by atoms with Crippen molar-refractivity contribution in [3.8, 4) is 11.3 Å². The molecule has 0 aromatic carbocycles. The number of likely N-dealkylation sites (tertiary alicyclic amines) is 1. The summed E-state index contributed by atoms with van der Waals surface area (Å²) in [7, 11) is 1.91.